The number of thiophene rings is 1. The first kappa shape index (κ1) is 35.2. The zero-order valence-corrected chi connectivity index (χ0v) is 33.9. The van der Waals surface area contributed by atoms with Crippen LogP contribution in [-0.2, 0) is 0 Å². The Morgan fingerprint density at radius 2 is 0.885 bits per heavy atom. The molecule has 0 saturated heterocycles. The van der Waals surface area contributed by atoms with Crippen molar-refractivity contribution in [2.45, 2.75) is 0 Å². The fourth-order valence-corrected chi connectivity index (χ4v) is 10.4. The van der Waals surface area contributed by atoms with Crippen LogP contribution in [0.2, 0.25) is 0 Å². The minimum absolute atomic E-state index is 0.690. The van der Waals surface area contributed by atoms with Gasteiger partial charge >= 0.3 is 0 Å². The molecule has 0 N–H and O–H groups in total. The summed E-state index contributed by atoms with van der Waals surface area (Å²) in [5.41, 5.74) is 12.0. The molecule has 3 heteroatoms. The van der Waals surface area contributed by atoms with Gasteiger partial charge in [0.05, 0.1) is 11.4 Å². The largest absolute Gasteiger partial charge is 0.228 e. The molecule has 61 heavy (non-hydrogen) atoms. The SMILES string of the molecule is c1ccc(-c2ccc(-c3cc(-c4ccccc4-c4cccc5c4sc4ccccc45)nc(-c4ccc(-c5c6ccccc6cc6c5ccc5ccccc56)cc4)n3)cc2)cc1. The molecule has 0 aliphatic rings. The van der Waals surface area contributed by atoms with Crippen LogP contribution >= 0.6 is 11.3 Å². The summed E-state index contributed by atoms with van der Waals surface area (Å²) < 4.78 is 2.58. The van der Waals surface area contributed by atoms with Gasteiger partial charge in [0.1, 0.15) is 0 Å². The molecule has 2 aromatic heterocycles. The second-order valence-electron chi connectivity index (χ2n) is 15.7. The summed E-state index contributed by atoms with van der Waals surface area (Å²) in [6.45, 7) is 0. The first-order valence-electron chi connectivity index (χ1n) is 20.7. The summed E-state index contributed by atoms with van der Waals surface area (Å²) in [7, 11) is 0. The van der Waals surface area contributed by atoms with E-state index in [9.17, 15) is 0 Å². The number of aromatic nitrogens is 2. The van der Waals surface area contributed by atoms with Crippen LogP contribution in [0.15, 0.2) is 218 Å². The lowest BCUT2D eigenvalue weighted by atomic mass is 9.89. The number of hydrogen-bond donors (Lipinski definition) is 0. The van der Waals surface area contributed by atoms with Gasteiger partial charge in [-0.05, 0) is 78.3 Å². The molecular formula is C58H36N2S. The van der Waals surface area contributed by atoms with Gasteiger partial charge in [0.25, 0.3) is 0 Å². The summed E-state index contributed by atoms with van der Waals surface area (Å²) in [4.78, 5) is 10.7. The average Bonchev–Trinajstić information content (AvgIpc) is 3.73. The fourth-order valence-electron chi connectivity index (χ4n) is 9.14. The summed E-state index contributed by atoms with van der Waals surface area (Å²) in [6.07, 6.45) is 0. The summed E-state index contributed by atoms with van der Waals surface area (Å²) in [5, 5.41) is 10.1. The van der Waals surface area contributed by atoms with Crippen molar-refractivity contribution in [2.75, 3.05) is 0 Å². The van der Waals surface area contributed by atoms with E-state index in [1.54, 1.807) is 0 Å². The first-order valence-corrected chi connectivity index (χ1v) is 21.5. The summed E-state index contributed by atoms with van der Waals surface area (Å²) in [5.74, 6) is 0.690. The van der Waals surface area contributed by atoms with Crippen molar-refractivity contribution in [3.63, 3.8) is 0 Å². The van der Waals surface area contributed by atoms with Gasteiger partial charge in [0.2, 0.25) is 0 Å². The van der Waals surface area contributed by atoms with E-state index in [0.29, 0.717) is 5.82 Å². The van der Waals surface area contributed by atoms with Gasteiger partial charge in [0.15, 0.2) is 5.82 Å². The van der Waals surface area contributed by atoms with E-state index < -0.39 is 0 Å². The van der Waals surface area contributed by atoms with E-state index in [2.05, 4.69) is 218 Å². The molecule has 2 nitrogen and oxygen atoms in total. The zero-order valence-electron chi connectivity index (χ0n) is 33.1. The van der Waals surface area contributed by atoms with Crippen molar-refractivity contribution in [1.29, 1.82) is 0 Å². The van der Waals surface area contributed by atoms with Crippen molar-refractivity contribution in [2.24, 2.45) is 0 Å². The second-order valence-corrected chi connectivity index (χ2v) is 16.7. The molecular weight excluding hydrogens is 757 g/mol. The Hall–Kier alpha value is -7.72. The number of nitrogens with zero attached hydrogens (tertiary/aromatic N) is 2. The van der Waals surface area contributed by atoms with Gasteiger partial charge in [-0.1, -0.05) is 200 Å². The quantitative estimate of drug-likeness (QED) is 0.124. The van der Waals surface area contributed by atoms with Gasteiger partial charge in [-0.3, -0.25) is 0 Å². The Morgan fingerprint density at radius 1 is 0.295 bits per heavy atom. The maximum absolute atomic E-state index is 5.40. The minimum Gasteiger partial charge on any atom is -0.228 e. The van der Waals surface area contributed by atoms with Crippen LogP contribution in [0.1, 0.15) is 0 Å². The number of hydrogen-bond acceptors (Lipinski definition) is 3. The third-order valence-corrected chi connectivity index (χ3v) is 13.3. The van der Waals surface area contributed by atoms with Crippen molar-refractivity contribution >= 4 is 63.8 Å². The van der Waals surface area contributed by atoms with Crippen molar-refractivity contribution < 1.29 is 0 Å². The molecule has 10 aromatic carbocycles. The molecule has 0 bridgehead atoms. The molecule has 0 aliphatic carbocycles. The van der Waals surface area contributed by atoms with Crippen molar-refractivity contribution in [1.82, 2.24) is 9.97 Å². The fraction of sp³-hybridized carbons (Fsp3) is 0. The van der Waals surface area contributed by atoms with Crippen LogP contribution in [0, 0.1) is 0 Å². The molecule has 0 saturated carbocycles. The lowest BCUT2D eigenvalue weighted by molar-refractivity contribution is 1.18. The number of fused-ring (bicyclic) bond motifs is 7. The predicted octanol–water partition coefficient (Wildman–Crippen LogP) is 16.3. The van der Waals surface area contributed by atoms with Gasteiger partial charge in [-0.2, -0.15) is 0 Å². The number of rotatable bonds is 6. The molecule has 0 unspecified atom stereocenters. The lowest BCUT2D eigenvalue weighted by Crippen LogP contribution is -1.97. The van der Waals surface area contributed by atoms with E-state index in [1.165, 1.54) is 74.7 Å². The third kappa shape index (κ3) is 6.09. The highest BCUT2D eigenvalue weighted by atomic mass is 32.1. The highest BCUT2D eigenvalue weighted by Gasteiger charge is 2.18. The molecule has 0 atom stereocenters. The highest BCUT2D eigenvalue weighted by Crippen LogP contribution is 2.44. The van der Waals surface area contributed by atoms with E-state index >= 15 is 0 Å². The zero-order chi connectivity index (χ0) is 40.3. The summed E-state index contributed by atoms with van der Waals surface area (Å²) >= 11 is 1.85. The van der Waals surface area contributed by atoms with Crippen LogP contribution in [0.5, 0.6) is 0 Å². The molecule has 0 radical (unpaired) electrons. The molecule has 0 amide bonds. The Bertz CT molecular complexity index is 3620. The smallest absolute Gasteiger partial charge is 0.160 e. The van der Waals surface area contributed by atoms with E-state index in [-0.39, 0.29) is 0 Å². The van der Waals surface area contributed by atoms with Crippen LogP contribution in [0.3, 0.4) is 0 Å². The van der Waals surface area contributed by atoms with E-state index in [1.807, 2.05) is 11.3 Å². The molecule has 12 rings (SSSR count). The second kappa shape index (κ2) is 14.5. The van der Waals surface area contributed by atoms with Crippen LogP contribution in [-0.4, -0.2) is 9.97 Å². The van der Waals surface area contributed by atoms with Gasteiger partial charge in [-0.15, -0.1) is 11.3 Å². The van der Waals surface area contributed by atoms with Gasteiger partial charge in [0, 0.05) is 42.4 Å². The van der Waals surface area contributed by atoms with E-state index in [4.69, 9.17) is 9.97 Å². The molecule has 0 aliphatic heterocycles. The van der Waals surface area contributed by atoms with Gasteiger partial charge < -0.3 is 0 Å². The molecule has 284 valence electrons. The minimum atomic E-state index is 0.690. The Morgan fingerprint density at radius 3 is 1.72 bits per heavy atom. The maximum Gasteiger partial charge on any atom is 0.160 e. The Kier molecular flexibility index (Phi) is 8.39. The lowest BCUT2D eigenvalue weighted by Gasteiger charge is -2.15. The molecule has 0 spiro atoms. The first-order chi connectivity index (χ1) is 30.2. The van der Waals surface area contributed by atoms with Crippen LogP contribution in [0.25, 0.3) is 120 Å². The van der Waals surface area contributed by atoms with E-state index in [0.717, 1.165) is 39.2 Å². The van der Waals surface area contributed by atoms with Crippen molar-refractivity contribution in [3.8, 4) is 67.3 Å². The monoisotopic (exact) mass is 792 g/mol. The summed E-state index contributed by atoms with van der Waals surface area (Å²) in [6, 6.07) is 78.6. The molecule has 12 aromatic rings. The topological polar surface area (TPSA) is 25.8 Å². The Balaban J connectivity index is 1.02. The Labute approximate surface area is 357 Å². The van der Waals surface area contributed by atoms with Gasteiger partial charge in [-0.25, -0.2) is 9.97 Å². The standard InChI is InChI=1S/C58H36N2S/c1-2-13-37(14-3-1)38-25-27-40(28-26-38)53-36-54(47-20-9-8-19-46(47)50-22-12-23-51-48-21-10-11-24-55(48)61-57(50)51)60-58(59-53)42-31-29-41(30-32-42)56-45-18-7-5-16-43(45)35-52-44-17-6-4-15-39(44)33-34-49(52)56/h1-36H. The third-order valence-electron chi connectivity index (χ3n) is 12.1. The van der Waals surface area contributed by atoms with Crippen molar-refractivity contribution in [3.05, 3.63) is 218 Å². The normalized spacial score (nSPS) is 11.6. The highest BCUT2D eigenvalue weighted by molar-refractivity contribution is 7.26. The maximum atomic E-state index is 5.40. The molecule has 0 fully saturated rings. The average molecular weight is 793 g/mol. The van der Waals surface area contributed by atoms with Crippen LogP contribution < -0.4 is 0 Å². The number of benzene rings is 10. The predicted molar refractivity (Wildman–Crippen MR) is 260 cm³/mol. The van der Waals surface area contributed by atoms with Crippen LogP contribution in [0.4, 0.5) is 0 Å². The molecule has 2 heterocycles.